The lowest BCUT2D eigenvalue weighted by atomic mass is 10.1. The van der Waals surface area contributed by atoms with Gasteiger partial charge in [-0.05, 0) is 12.5 Å². The Morgan fingerprint density at radius 2 is 2.35 bits per heavy atom. The molecule has 92 valence electrons. The van der Waals surface area contributed by atoms with E-state index < -0.39 is 10.7 Å². The average molecular weight is 240 g/mol. The van der Waals surface area contributed by atoms with Crippen LogP contribution in [0.3, 0.4) is 0 Å². The molecule has 1 saturated heterocycles. The number of nitro groups is 1. The highest BCUT2D eigenvalue weighted by molar-refractivity contribution is 5.53. The Balaban J connectivity index is 2.20. The van der Waals surface area contributed by atoms with Crippen molar-refractivity contribution in [3.8, 4) is 0 Å². The van der Waals surface area contributed by atoms with Gasteiger partial charge in [-0.25, -0.2) is 4.39 Å². The van der Waals surface area contributed by atoms with Crippen LogP contribution in [0.5, 0.6) is 0 Å². The Hall–Kier alpha value is -1.69. The molecule has 0 amide bonds. The summed E-state index contributed by atoms with van der Waals surface area (Å²) in [6.45, 7) is 1.34. The minimum atomic E-state index is -0.618. The van der Waals surface area contributed by atoms with E-state index in [0.717, 1.165) is 12.5 Å². The van der Waals surface area contributed by atoms with E-state index in [1.54, 1.807) is 4.90 Å². The largest absolute Gasteiger partial charge is 0.396 e. The number of hydrogen-bond donors (Lipinski definition) is 1. The summed E-state index contributed by atoms with van der Waals surface area (Å²) < 4.78 is 13.7. The zero-order valence-electron chi connectivity index (χ0n) is 9.17. The molecular weight excluding hydrogens is 227 g/mol. The fraction of sp³-hybridized carbons (Fsp3) is 0.455. The van der Waals surface area contributed by atoms with Crippen LogP contribution in [-0.2, 0) is 0 Å². The Morgan fingerprint density at radius 3 is 2.88 bits per heavy atom. The lowest BCUT2D eigenvalue weighted by Crippen LogP contribution is -2.21. The molecule has 1 aromatic rings. The maximum atomic E-state index is 13.7. The molecule has 1 atom stereocenters. The van der Waals surface area contributed by atoms with E-state index in [9.17, 15) is 14.5 Å². The van der Waals surface area contributed by atoms with Crippen LogP contribution in [0.4, 0.5) is 15.8 Å². The molecule has 1 N–H and O–H groups in total. The fourth-order valence-corrected chi connectivity index (χ4v) is 2.07. The number of non-ortho nitro benzene ring substituents is 1. The van der Waals surface area contributed by atoms with Gasteiger partial charge in [-0.15, -0.1) is 0 Å². The molecule has 1 aliphatic heterocycles. The molecule has 0 unspecified atom stereocenters. The molecule has 1 aliphatic rings. The molecule has 0 aliphatic carbocycles. The molecule has 0 aromatic heterocycles. The molecule has 0 bridgehead atoms. The maximum Gasteiger partial charge on any atom is 0.272 e. The van der Waals surface area contributed by atoms with Crippen molar-refractivity contribution in [2.75, 3.05) is 24.6 Å². The highest BCUT2D eigenvalue weighted by atomic mass is 19.1. The maximum absolute atomic E-state index is 13.7. The molecule has 0 spiro atoms. The molecule has 0 saturated carbocycles. The van der Waals surface area contributed by atoms with Crippen LogP contribution < -0.4 is 4.90 Å². The number of anilines is 1. The topological polar surface area (TPSA) is 66.6 Å². The van der Waals surface area contributed by atoms with Gasteiger partial charge < -0.3 is 10.0 Å². The van der Waals surface area contributed by atoms with E-state index in [2.05, 4.69) is 0 Å². The zero-order chi connectivity index (χ0) is 12.4. The number of benzene rings is 1. The van der Waals surface area contributed by atoms with Crippen LogP contribution >= 0.6 is 0 Å². The van der Waals surface area contributed by atoms with Crippen molar-refractivity contribution in [1.82, 2.24) is 0 Å². The van der Waals surface area contributed by atoms with Gasteiger partial charge in [-0.3, -0.25) is 10.1 Å². The Morgan fingerprint density at radius 1 is 1.59 bits per heavy atom. The van der Waals surface area contributed by atoms with Crippen molar-refractivity contribution in [2.24, 2.45) is 5.92 Å². The van der Waals surface area contributed by atoms with E-state index in [1.807, 2.05) is 0 Å². The second kappa shape index (κ2) is 4.67. The van der Waals surface area contributed by atoms with E-state index >= 15 is 0 Å². The number of halogens is 1. The van der Waals surface area contributed by atoms with Crippen LogP contribution in [0.25, 0.3) is 0 Å². The Kier molecular flexibility index (Phi) is 3.23. The normalized spacial score (nSPS) is 19.6. The van der Waals surface area contributed by atoms with Crippen LogP contribution in [-0.4, -0.2) is 29.7 Å². The summed E-state index contributed by atoms with van der Waals surface area (Å²) in [6, 6.07) is 3.65. The van der Waals surface area contributed by atoms with Crippen molar-refractivity contribution in [3.05, 3.63) is 34.1 Å². The third-order valence-electron chi connectivity index (χ3n) is 3.03. The summed E-state index contributed by atoms with van der Waals surface area (Å²) in [5, 5.41) is 19.5. The van der Waals surface area contributed by atoms with Gasteiger partial charge in [0, 0.05) is 31.7 Å². The number of rotatable bonds is 3. The second-order valence-electron chi connectivity index (χ2n) is 4.18. The van der Waals surface area contributed by atoms with Crippen molar-refractivity contribution < 1.29 is 14.4 Å². The van der Waals surface area contributed by atoms with E-state index in [1.165, 1.54) is 12.1 Å². The summed E-state index contributed by atoms with van der Waals surface area (Å²) in [7, 11) is 0. The summed E-state index contributed by atoms with van der Waals surface area (Å²) >= 11 is 0. The predicted octanol–water partition coefficient (Wildman–Crippen LogP) is 1.55. The number of hydrogen-bond acceptors (Lipinski definition) is 4. The highest BCUT2D eigenvalue weighted by Gasteiger charge is 2.24. The summed E-state index contributed by atoms with van der Waals surface area (Å²) in [5.74, 6) is -0.428. The summed E-state index contributed by atoms with van der Waals surface area (Å²) in [6.07, 6.45) is 0.812. The molecule has 1 aromatic carbocycles. The summed E-state index contributed by atoms with van der Waals surface area (Å²) in [5.41, 5.74) is 0.121. The monoisotopic (exact) mass is 240 g/mol. The van der Waals surface area contributed by atoms with Gasteiger partial charge in [-0.1, -0.05) is 0 Å². The SMILES string of the molecule is O=[N+]([O-])c1ccc(N2CC[C@@H](CO)C2)c(F)c1. The summed E-state index contributed by atoms with van der Waals surface area (Å²) in [4.78, 5) is 11.7. The number of nitrogens with zero attached hydrogens (tertiary/aromatic N) is 2. The average Bonchev–Trinajstić information content (AvgIpc) is 2.77. The van der Waals surface area contributed by atoms with Gasteiger partial charge in [0.25, 0.3) is 5.69 Å². The standard InChI is InChI=1S/C11H13FN2O3/c12-10-5-9(14(16)17)1-2-11(10)13-4-3-8(6-13)7-15/h1-2,5,8,15H,3-4,6-7H2/t8-/m1/s1. The van der Waals surface area contributed by atoms with E-state index in [-0.39, 0.29) is 18.2 Å². The quantitative estimate of drug-likeness (QED) is 0.643. The number of nitro benzene ring substituents is 1. The number of aliphatic hydroxyl groups excluding tert-OH is 1. The van der Waals surface area contributed by atoms with Gasteiger partial charge in [0.1, 0.15) is 0 Å². The second-order valence-corrected chi connectivity index (χ2v) is 4.18. The van der Waals surface area contributed by atoms with Crippen molar-refractivity contribution in [2.45, 2.75) is 6.42 Å². The van der Waals surface area contributed by atoms with Crippen molar-refractivity contribution in [1.29, 1.82) is 0 Å². The van der Waals surface area contributed by atoms with Crippen molar-refractivity contribution >= 4 is 11.4 Å². The molecule has 17 heavy (non-hydrogen) atoms. The van der Waals surface area contributed by atoms with Gasteiger partial charge >= 0.3 is 0 Å². The minimum absolute atomic E-state index is 0.0884. The molecule has 1 fully saturated rings. The molecular formula is C11H13FN2O3. The number of aliphatic hydroxyl groups is 1. The molecule has 6 heteroatoms. The van der Waals surface area contributed by atoms with Gasteiger partial charge in [0.15, 0.2) is 5.82 Å². The fourth-order valence-electron chi connectivity index (χ4n) is 2.07. The van der Waals surface area contributed by atoms with Crippen molar-refractivity contribution in [3.63, 3.8) is 0 Å². The predicted molar refractivity (Wildman–Crippen MR) is 60.5 cm³/mol. The first kappa shape index (κ1) is 11.8. The molecule has 1 heterocycles. The third kappa shape index (κ3) is 2.36. The van der Waals surface area contributed by atoms with Gasteiger partial charge in [0.2, 0.25) is 0 Å². The molecule has 0 radical (unpaired) electrons. The highest BCUT2D eigenvalue weighted by Crippen LogP contribution is 2.28. The lowest BCUT2D eigenvalue weighted by molar-refractivity contribution is -0.385. The van der Waals surface area contributed by atoms with Crippen LogP contribution in [0, 0.1) is 21.8 Å². The van der Waals surface area contributed by atoms with Gasteiger partial charge in [0.05, 0.1) is 16.7 Å². The van der Waals surface area contributed by atoms with Crippen LogP contribution in [0.15, 0.2) is 18.2 Å². The first-order chi connectivity index (χ1) is 8.11. The first-order valence-corrected chi connectivity index (χ1v) is 5.41. The molecule has 5 nitrogen and oxygen atoms in total. The van der Waals surface area contributed by atoms with Gasteiger partial charge in [-0.2, -0.15) is 0 Å². The first-order valence-electron chi connectivity index (χ1n) is 5.41. The molecule has 2 rings (SSSR count). The minimum Gasteiger partial charge on any atom is -0.396 e. The van der Waals surface area contributed by atoms with Crippen LogP contribution in [0.2, 0.25) is 0 Å². The lowest BCUT2D eigenvalue weighted by Gasteiger charge is -2.18. The smallest absolute Gasteiger partial charge is 0.272 e. The Labute approximate surface area is 97.6 Å². The Bertz CT molecular complexity index is 439. The zero-order valence-corrected chi connectivity index (χ0v) is 9.17. The van der Waals surface area contributed by atoms with E-state index in [0.29, 0.717) is 18.8 Å². The van der Waals surface area contributed by atoms with E-state index in [4.69, 9.17) is 5.11 Å². The third-order valence-corrected chi connectivity index (χ3v) is 3.03. The van der Waals surface area contributed by atoms with Crippen LogP contribution in [0.1, 0.15) is 6.42 Å².